The van der Waals surface area contributed by atoms with E-state index in [-0.39, 0.29) is 0 Å². The normalized spacial score (nSPS) is 15.8. The third-order valence-corrected chi connectivity index (χ3v) is 7.10. The van der Waals surface area contributed by atoms with E-state index >= 15 is 0 Å². The lowest BCUT2D eigenvalue weighted by Gasteiger charge is -2.34. The van der Waals surface area contributed by atoms with E-state index < -0.39 is 0 Å². The summed E-state index contributed by atoms with van der Waals surface area (Å²) in [6.07, 6.45) is 1.96. The average Bonchev–Trinajstić information content (AvgIpc) is 3.26. The average molecular weight is 461 g/mol. The zero-order valence-electron chi connectivity index (χ0n) is 19.8. The van der Waals surface area contributed by atoms with Gasteiger partial charge in [-0.3, -0.25) is 5.01 Å². The first-order valence-electron chi connectivity index (χ1n) is 12.4. The van der Waals surface area contributed by atoms with Crippen LogP contribution in [-0.2, 0) is 6.61 Å². The number of nitrogens with zero attached hydrogens (tertiary/aromatic N) is 2. The van der Waals surface area contributed by atoms with Crippen molar-refractivity contribution in [3.05, 3.63) is 125 Å². The van der Waals surface area contributed by atoms with Gasteiger partial charge in [-0.1, -0.05) is 91.0 Å². The zero-order valence-corrected chi connectivity index (χ0v) is 19.8. The predicted molar refractivity (Wildman–Crippen MR) is 141 cm³/mol. The molecule has 0 atom stereocenters. The number of hydrogen-bond donors (Lipinski definition) is 1. The maximum atomic E-state index is 5.97. The highest BCUT2D eigenvalue weighted by molar-refractivity contribution is 5.80. The van der Waals surface area contributed by atoms with Crippen LogP contribution in [0, 0.1) is 0 Å². The van der Waals surface area contributed by atoms with Crippen molar-refractivity contribution in [3.63, 3.8) is 0 Å². The van der Waals surface area contributed by atoms with Crippen molar-refractivity contribution >= 4 is 6.21 Å². The molecule has 4 nitrogen and oxygen atoms in total. The summed E-state index contributed by atoms with van der Waals surface area (Å²) in [7, 11) is 0. The Morgan fingerprint density at radius 1 is 0.771 bits per heavy atom. The lowest BCUT2D eigenvalue weighted by Crippen LogP contribution is -3.14. The van der Waals surface area contributed by atoms with Gasteiger partial charge in [0, 0.05) is 11.1 Å². The Hall–Kier alpha value is -3.89. The SMILES string of the molecule is C(=N/N1CC[NH+](C2c3ccccc3-c3ccccc32)CC1)/c1cccc(OCc2ccccc2)c1. The number of hydrogen-bond acceptors (Lipinski definition) is 3. The first kappa shape index (κ1) is 21.6. The molecule has 35 heavy (non-hydrogen) atoms. The number of fused-ring (bicyclic) bond motifs is 3. The fourth-order valence-electron chi connectivity index (χ4n) is 5.36. The summed E-state index contributed by atoms with van der Waals surface area (Å²) < 4.78 is 5.97. The quantitative estimate of drug-likeness (QED) is 0.427. The van der Waals surface area contributed by atoms with Crippen molar-refractivity contribution in [2.45, 2.75) is 12.6 Å². The van der Waals surface area contributed by atoms with Crippen molar-refractivity contribution in [3.8, 4) is 16.9 Å². The molecule has 0 saturated carbocycles. The molecule has 1 aliphatic carbocycles. The van der Waals surface area contributed by atoms with Crippen molar-refractivity contribution in [2.24, 2.45) is 5.10 Å². The molecule has 0 bridgehead atoms. The molecular weight excluding hydrogens is 430 g/mol. The minimum atomic E-state index is 0.423. The van der Waals surface area contributed by atoms with E-state index in [9.17, 15) is 0 Å². The fourth-order valence-corrected chi connectivity index (χ4v) is 5.36. The van der Waals surface area contributed by atoms with E-state index in [0.717, 1.165) is 37.5 Å². The van der Waals surface area contributed by atoms with Gasteiger partial charge in [-0.25, -0.2) is 0 Å². The number of ether oxygens (including phenoxy) is 1. The Bertz CT molecular complexity index is 1280. The number of piperazine rings is 1. The van der Waals surface area contributed by atoms with Crippen LogP contribution in [0.4, 0.5) is 0 Å². The molecule has 4 aromatic carbocycles. The van der Waals surface area contributed by atoms with Crippen molar-refractivity contribution in [1.29, 1.82) is 0 Å². The van der Waals surface area contributed by atoms with Gasteiger partial charge < -0.3 is 9.64 Å². The van der Waals surface area contributed by atoms with Crippen LogP contribution >= 0.6 is 0 Å². The Balaban J connectivity index is 1.09. The van der Waals surface area contributed by atoms with Crippen LogP contribution in [0.15, 0.2) is 108 Å². The van der Waals surface area contributed by atoms with Crippen LogP contribution < -0.4 is 9.64 Å². The first-order valence-corrected chi connectivity index (χ1v) is 12.4. The number of quaternary nitrogens is 1. The summed E-state index contributed by atoms with van der Waals surface area (Å²) in [5.74, 6) is 0.866. The number of hydrazone groups is 1. The van der Waals surface area contributed by atoms with Crippen LogP contribution in [0.1, 0.15) is 28.3 Å². The minimum absolute atomic E-state index is 0.423. The van der Waals surface area contributed by atoms with Gasteiger partial charge in [-0.15, -0.1) is 0 Å². The van der Waals surface area contributed by atoms with Crippen LogP contribution in [0.5, 0.6) is 5.75 Å². The molecule has 0 unspecified atom stereocenters. The highest BCUT2D eigenvalue weighted by Gasteiger charge is 2.37. The molecule has 4 heteroatoms. The van der Waals surface area contributed by atoms with E-state index in [1.165, 1.54) is 27.8 Å². The third-order valence-electron chi connectivity index (χ3n) is 7.10. The molecule has 0 aromatic heterocycles. The van der Waals surface area contributed by atoms with E-state index in [1.54, 1.807) is 4.90 Å². The van der Waals surface area contributed by atoms with Gasteiger partial charge in [0.2, 0.25) is 0 Å². The van der Waals surface area contributed by atoms with E-state index in [1.807, 2.05) is 36.5 Å². The smallest absolute Gasteiger partial charge is 0.140 e. The molecule has 1 heterocycles. The highest BCUT2D eigenvalue weighted by Crippen LogP contribution is 2.41. The maximum Gasteiger partial charge on any atom is 0.140 e. The highest BCUT2D eigenvalue weighted by atomic mass is 16.5. The predicted octanol–water partition coefficient (Wildman–Crippen LogP) is 4.57. The topological polar surface area (TPSA) is 29.3 Å². The molecule has 1 N–H and O–H groups in total. The molecule has 2 aliphatic rings. The van der Waals surface area contributed by atoms with Crippen LogP contribution in [0.25, 0.3) is 11.1 Å². The van der Waals surface area contributed by atoms with Gasteiger partial charge in [0.05, 0.1) is 32.4 Å². The fraction of sp³-hybridized carbons (Fsp3) is 0.194. The molecule has 1 fully saturated rings. The molecule has 1 aliphatic heterocycles. The molecular formula is C31H30N3O+. The Morgan fingerprint density at radius 3 is 2.14 bits per heavy atom. The number of benzene rings is 4. The summed E-state index contributed by atoms with van der Waals surface area (Å²) in [6.45, 7) is 4.63. The van der Waals surface area contributed by atoms with Crippen LogP contribution in [0.3, 0.4) is 0 Å². The molecule has 0 spiro atoms. The molecule has 0 radical (unpaired) electrons. The van der Waals surface area contributed by atoms with Gasteiger partial charge in [-0.05, 0) is 34.4 Å². The molecule has 0 amide bonds. The van der Waals surface area contributed by atoms with Crippen molar-refractivity contribution < 1.29 is 9.64 Å². The third kappa shape index (κ3) is 4.58. The van der Waals surface area contributed by atoms with E-state index in [2.05, 4.69) is 77.8 Å². The Morgan fingerprint density at radius 2 is 1.43 bits per heavy atom. The summed E-state index contributed by atoms with van der Waals surface area (Å²) in [5, 5.41) is 7.00. The monoisotopic (exact) mass is 460 g/mol. The molecule has 4 aromatic rings. The second kappa shape index (κ2) is 9.77. The summed E-state index contributed by atoms with van der Waals surface area (Å²) >= 11 is 0. The minimum Gasteiger partial charge on any atom is -0.489 e. The van der Waals surface area contributed by atoms with Gasteiger partial charge in [-0.2, -0.15) is 5.10 Å². The largest absolute Gasteiger partial charge is 0.489 e. The first-order chi connectivity index (χ1) is 17.3. The lowest BCUT2D eigenvalue weighted by atomic mass is 10.0. The molecule has 6 rings (SSSR count). The Labute approximate surface area is 207 Å². The van der Waals surface area contributed by atoms with Crippen molar-refractivity contribution in [1.82, 2.24) is 5.01 Å². The molecule has 1 saturated heterocycles. The van der Waals surface area contributed by atoms with Gasteiger partial charge in [0.15, 0.2) is 0 Å². The van der Waals surface area contributed by atoms with E-state index in [4.69, 9.17) is 9.84 Å². The van der Waals surface area contributed by atoms with Crippen LogP contribution in [0.2, 0.25) is 0 Å². The van der Waals surface area contributed by atoms with Crippen LogP contribution in [-0.4, -0.2) is 37.4 Å². The van der Waals surface area contributed by atoms with Crippen molar-refractivity contribution in [2.75, 3.05) is 26.2 Å². The standard InChI is InChI=1S/C31H29N3O/c1-2-9-24(10-3-1)23-35-26-12-8-11-25(21-26)22-32-34-19-17-33(18-20-34)31-29-15-6-4-13-27(29)28-14-5-7-16-30(28)31/h1-16,21-22,31H,17-20,23H2/p+1/b32-22-. The summed E-state index contributed by atoms with van der Waals surface area (Å²) in [6, 6.07) is 36.7. The summed E-state index contributed by atoms with van der Waals surface area (Å²) in [5.41, 5.74) is 7.95. The van der Waals surface area contributed by atoms with Gasteiger partial charge >= 0.3 is 0 Å². The zero-order chi connectivity index (χ0) is 23.5. The molecule has 174 valence electrons. The second-order valence-electron chi connectivity index (χ2n) is 9.31. The van der Waals surface area contributed by atoms with E-state index in [0.29, 0.717) is 12.6 Å². The number of rotatable bonds is 6. The number of nitrogens with one attached hydrogen (secondary N) is 1. The van der Waals surface area contributed by atoms with Gasteiger partial charge in [0.1, 0.15) is 18.4 Å². The maximum absolute atomic E-state index is 5.97. The van der Waals surface area contributed by atoms with Gasteiger partial charge in [0.25, 0.3) is 0 Å². The second-order valence-corrected chi connectivity index (χ2v) is 9.31. The Kier molecular flexibility index (Phi) is 6.04. The summed E-state index contributed by atoms with van der Waals surface area (Å²) in [4.78, 5) is 1.63. The lowest BCUT2D eigenvalue weighted by molar-refractivity contribution is -0.929.